The highest BCUT2D eigenvalue weighted by atomic mass is 32.2. The number of ketones is 2. The highest BCUT2D eigenvalue weighted by molar-refractivity contribution is 8.04. The number of carbonyl (C=O) groups excluding carboxylic acids is 2. The van der Waals surface area contributed by atoms with Crippen molar-refractivity contribution in [3.63, 3.8) is 0 Å². The summed E-state index contributed by atoms with van der Waals surface area (Å²) in [5.41, 5.74) is 1.51. The Morgan fingerprint density at radius 1 is 1.07 bits per heavy atom. The van der Waals surface area contributed by atoms with Crippen molar-refractivity contribution in [2.45, 2.75) is 0 Å². The van der Waals surface area contributed by atoms with Crippen molar-refractivity contribution in [3.05, 3.63) is 46.0 Å². The molecule has 15 heavy (non-hydrogen) atoms. The van der Waals surface area contributed by atoms with E-state index in [2.05, 4.69) is 5.32 Å². The summed E-state index contributed by atoms with van der Waals surface area (Å²) in [6.07, 6.45) is 0. The Kier molecular flexibility index (Phi) is 1.73. The van der Waals surface area contributed by atoms with Crippen molar-refractivity contribution in [2.24, 2.45) is 0 Å². The molecule has 0 amide bonds. The average Bonchev–Trinajstić information content (AvgIpc) is 2.75. The molecule has 1 aromatic carbocycles. The van der Waals surface area contributed by atoms with Crippen molar-refractivity contribution in [1.29, 1.82) is 0 Å². The molecule has 3 rings (SSSR count). The standard InChI is InChI=1S/C11H7NO2S/c13-9-6-3-1-2-4-7(6)10(14)11-8(9)12-5-15-11/h1-4,12H,5H2. The number of nitrogens with one attached hydrogen (secondary N) is 1. The van der Waals surface area contributed by atoms with Crippen molar-refractivity contribution < 1.29 is 9.59 Å². The molecule has 0 aromatic heterocycles. The van der Waals surface area contributed by atoms with Gasteiger partial charge in [0.1, 0.15) is 5.70 Å². The largest absolute Gasteiger partial charge is 0.371 e. The number of rotatable bonds is 0. The molecule has 0 atom stereocenters. The lowest BCUT2D eigenvalue weighted by atomic mass is 9.92. The van der Waals surface area contributed by atoms with Gasteiger partial charge in [0.15, 0.2) is 0 Å². The third kappa shape index (κ3) is 1.08. The molecule has 0 saturated heterocycles. The van der Waals surface area contributed by atoms with Gasteiger partial charge in [-0.05, 0) is 0 Å². The third-order valence-electron chi connectivity index (χ3n) is 2.54. The van der Waals surface area contributed by atoms with E-state index in [9.17, 15) is 9.59 Å². The Labute approximate surface area is 90.6 Å². The SMILES string of the molecule is O=C1C2=C(SCN2)C(=O)c2ccccc21. The third-order valence-corrected chi connectivity index (χ3v) is 3.51. The van der Waals surface area contributed by atoms with Crippen LogP contribution in [0.4, 0.5) is 0 Å². The van der Waals surface area contributed by atoms with Gasteiger partial charge in [-0.1, -0.05) is 36.0 Å². The topological polar surface area (TPSA) is 46.2 Å². The molecule has 0 bridgehead atoms. The predicted molar refractivity (Wildman–Crippen MR) is 57.7 cm³/mol. The van der Waals surface area contributed by atoms with E-state index < -0.39 is 0 Å². The van der Waals surface area contributed by atoms with Gasteiger partial charge in [-0.2, -0.15) is 0 Å². The highest BCUT2D eigenvalue weighted by Crippen LogP contribution is 2.34. The van der Waals surface area contributed by atoms with E-state index in [1.807, 2.05) is 0 Å². The van der Waals surface area contributed by atoms with Crippen LogP contribution in [0.15, 0.2) is 34.9 Å². The van der Waals surface area contributed by atoms with E-state index in [1.165, 1.54) is 11.8 Å². The molecule has 2 aliphatic rings. The minimum Gasteiger partial charge on any atom is -0.371 e. The first-order chi connectivity index (χ1) is 7.29. The number of Topliss-reactive ketones (excluding diaryl/α,β-unsaturated/α-hetero) is 2. The van der Waals surface area contributed by atoms with E-state index >= 15 is 0 Å². The molecule has 0 spiro atoms. The van der Waals surface area contributed by atoms with E-state index in [0.29, 0.717) is 27.6 Å². The van der Waals surface area contributed by atoms with Crippen molar-refractivity contribution in [3.8, 4) is 0 Å². The molecule has 1 N–H and O–H groups in total. The van der Waals surface area contributed by atoms with Gasteiger partial charge in [0.05, 0.1) is 10.8 Å². The minimum absolute atomic E-state index is 0.0322. The monoisotopic (exact) mass is 217 g/mol. The van der Waals surface area contributed by atoms with Crippen LogP contribution in [0, 0.1) is 0 Å². The van der Waals surface area contributed by atoms with Gasteiger partial charge in [0.2, 0.25) is 11.6 Å². The average molecular weight is 217 g/mol. The van der Waals surface area contributed by atoms with Crippen LogP contribution < -0.4 is 5.32 Å². The Morgan fingerprint density at radius 2 is 1.73 bits per heavy atom. The molecule has 0 unspecified atom stereocenters. The van der Waals surface area contributed by atoms with Crippen LogP contribution in [0.25, 0.3) is 0 Å². The summed E-state index contributed by atoms with van der Waals surface area (Å²) in [5.74, 6) is 0.510. The van der Waals surface area contributed by atoms with E-state index in [1.54, 1.807) is 24.3 Å². The molecule has 1 aliphatic heterocycles. The van der Waals surface area contributed by atoms with Crippen LogP contribution in [-0.2, 0) is 0 Å². The number of fused-ring (bicyclic) bond motifs is 1. The zero-order valence-electron chi connectivity index (χ0n) is 7.74. The normalized spacial score (nSPS) is 18.7. The minimum atomic E-state index is -0.0646. The van der Waals surface area contributed by atoms with Crippen molar-refractivity contribution >= 4 is 23.3 Å². The summed E-state index contributed by atoms with van der Waals surface area (Å²) < 4.78 is 0. The van der Waals surface area contributed by atoms with Gasteiger partial charge in [0, 0.05) is 11.1 Å². The van der Waals surface area contributed by atoms with Crippen molar-refractivity contribution in [1.82, 2.24) is 5.32 Å². The molecule has 4 heteroatoms. The molecule has 0 saturated carbocycles. The second-order valence-corrected chi connectivity index (χ2v) is 4.36. The Balaban J connectivity index is 2.26. The summed E-state index contributed by atoms with van der Waals surface area (Å²) in [6, 6.07) is 6.96. The second-order valence-electron chi connectivity index (χ2n) is 3.37. The maximum atomic E-state index is 12.0. The number of allylic oxidation sites excluding steroid dienone is 2. The molecule has 1 heterocycles. The number of benzene rings is 1. The summed E-state index contributed by atoms with van der Waals surface area (Å²) in [7, 11) is 0. The maximum absolute atomic E-state index is 12.0. The number of thioether (sulfide) groups is 1. The van der Waals surface area contributed by atoms with Gasteiger partial charge in [-0.15, -0.1) is 0 Å². The predicted octanol–water partition coefficient (Wildman–Crippen LogP) is 1.57. The van der Waals surface area contributed by atoms with Crippen LogP contribution >= 0.6 is 11.8 Å². The summed E-state index contributed by atoms with van der Waals surface area (Å²) in [6.45, 7) is 0. The van der Waals surface area contributed by atoms with E-state index in [0.717, 1.165) is 0 Å². The van der Waals surface area contributed by atoms with Gasteiger partial charge in [0.25, 0.3) is 0 Å². The molecule has 0 fully saturated rings. The van der Waals surface area contributed by atoms with E-state index in [-0.39, 0.29) is 11.6 Å². The first-order valence-corrected chi connectivity index (χ1v) is 5.57. The number of hydrogen-bond donors (Lipinski definition) is 1. The molecular formula is C11H7NO2S. The Morgan fingerprint density at radius 3 is 2.47 bits per heavy atom. The molecular weight excluding hydrogens is 210 g/mol. The fraction of sp³-hybridized carbons (Fsp3) is 0.0909. The lowest BCUT2D eigenvalue weighted by Crippen LogP contribution is -2.24. The summed E-state index contributed by atoms with van der Waals surface area (Å²) >= 11 is 1.40. The van der Waals surface area contributed by atoms with Crippen LogP contribution in [0.3, 0.4) is 0 Å². The molecule has 1 aliphatic carbocycles. The van der Waals surface area contributed by atoms with Crippen LogP contribution in [-0.4, -0.2) is 17.4 Å². The highest BCUT2D eigenvalue weighted by Gasteiger charge is 2.34. The zero-order chi connectivity index (χ0) is 10.4. The summed E-state index contributed by atoms with van der Waals surface area (Å²) in [5, 5.41) is 2.95. The van der Waals surface area contributed by atoms with Gasteiger partial charge >= 0.3 is 0 Å². The van der Waals surface area contributed by atoms with Gasteiger partial charge < -0.3 is 5.32 Å². The number of hydrogen-bond acceptors (Lipinski definition) is 4. The zero-order valence-corrected chi connectivity index (χ0v) is 8.56. The maximum Gasteiger partial charge on any atom is 0.210 e. The fourth-order valence-corrected chi connectivity index (χ4v) is 2.74. The fourth-order valence-electron chi connectivity index (χ4n) is 1.83. The van der Waals surface area contributed by atoms with E-state index in [4.69, 9.17) is 0 Å². The first kappa shape index (κ1) is 8.73. The van der Waals surface area contributed by atoms with Gasteiger partial charge in [-0.3, -0.25) is 9.59 Å². The molecule has 1 aromatic rings. The van der Waals surface area contributed by atoms with Gasteiger partial charge in [-0.25, -0.2) is 0 Å². The quantitative estimate of drug-likeness (QED) is 0.716. The lowest BCUT2D eigenvalue weighted by Gasteiger charge is -2.14. The first-order valence-electron chi connectivity index (χ1n) is 4.58. The second kappa shape index (κ2) is 2.97. The smallest absolute Gasteiger partial charge is 0.210 e. The van der Waals surface area contributed by atoms with Crippen LogP contribution in [0.2, 0.25) is 0 Å². The molecule has 74 valence electrons. The molecule has 3 nitrogen and oxygen atoms in total. The molecule has 0 radical (unpaired) electrons. The Hall–Kier alpha value is -1.55. The van der Waals surface area contributed by atoms with Crippen LogP contribution in [0.1, 0.15) is 20.7 Å². The summed E-state index contributed by atoms with van der Waals surface area (Å²) in [4.78, 5) is 24.5. The van der Waals surface area contributed by atoms with Crippen molar-refractivity contribution in [2.75, 3.05) is 5.88 Å². The van der Waals surface area contributed by atoms with Crippen LogP contribution in [0.5, 0.6) is 0 Å². The Bertz CT molecular complexity index is 474. The lowest BCUT2D eigenvalue weighted by molar-refractivity contribution is 0.0978. The number of carbonyl (C=O) groups is 2.